The average molecular weight is 236 g/mol. The van der Waals surface area contributed by atoms with Crippen LogP contribution in [0.3, 0.4) is 0 Å². The van der Waals surface area contributed by atoms with E-state index in [9.17, 15) is 4.39 Å². The van der Waals surface area contributed by atoms with Crippen LogP contribution in [0.5, 0.6) is 0 Å². The van der Waals surface area contributed by atoms with Crippen LogP contribution in [0.1, 0.15) is 24.8 Å². The Morgan fingerprint density at radius 3 is 2.50 bits per heavy atom. The Bertz CT molecular complexity index is 337. The van der Waals surface area contributed by atoms with Gasteiger partial charge in [-0.1, -0.05) is 23.7 Å². The Kier molecular flexibility index (Phi) is 3.40. The van der Waals surface area contributed by atoms with E-state index >= 15 is 0 Å². The first-order chi connectivity index (χ1) is 6.13. The molecule has 0 unspecified atom stereocenters. The lowest BCUT2D eigenvalue weighted by Crippen LogP contribution is -2.44. The van der Waals surface area contributed by atoms with Gasteiger partial charge in [0.1, 0.15) is 5.82 Å². The number of rotatable bonds is 1. The van der Waals surface area contributed by atoms with Crippen molar-refractivity contribution in [3.63, 3.8) is 0 Å². The predicted molar refractivity (Wildman–Crippen MR) is 58.4 cm³/mol. The summed E-state index contributed by atoms with van der Waals surface area (Å²) in [5, 5.41) is 0.161. The minimum absolute atomic E-state index is 0. The molecule has 1 fully saturated rings. The van der Waals surface area contributed by atoms with Crippen molar-refractivity contribution in [3.8, 4) is 0 Å². The van der Waals surface area contributed by atoms with Crippen molar-refractivity contribution in [3.05, 3.63) is 34.6 Å². The van der Waals surface area contributed by atoms with Crippen molar-refractivity contribution in [1.82, 2.24) is 0 Å². The lowest BCUT2D eigenvalue weighted by atomic mass is 9.72. The number of hydrogen-bond donors (Lipinski definition) is 1. The highest BCUT2D eigenvalue weighted by Crippen LogP contribution is 2.40. The first-order valence-electron chi connectivity index (χ1n) is 4.37. The molecule has 0 atom stereocenters. The zero-order valence-corrected chi connectivity index (χ0v) is 9.17. The van der Waals surface area contributed by atoms with E-state index in [1.165, 1.54) is 0 Å². The van der Waals surface area contributed by atoms with Crippen LogP contribution < -0.4 is 5.73 Å². The third-order valence-corrected chi connectivity index (χ3v) is 3.03. The third kappa shape index (κ3) is 1.74. The number of benzene rings is 1. The molecule has 1 nitrogen and oxygen atoms in total. The monoisotopic (exact) mass is 235 g/mol. The molecule has 14 heavy (non-hydrogen) atoms. The van der Waals surface area contributed by atoms with Gasteiger partial charge in [0, 0.05) is 11.1 Å². The molecule has 1 saturated carbocycles. The molecule has 0 aliphatic heterocycles. The van der Waals surface area contributed by atoms with Crippen LogP contribution in [0.2, 0.25) is 5.02 Å². The van der Waals surface area contributed by atoms with Gasteiger partial charge >= 0.3 is 0 Å². The molecule has 0 heterocycles. The quantitative estimate of drug-likeness (QED) is 0.795. The molecule has 1 aromatic rings. The van der Waals surface area contributed by atoms with Gasteiger partial charge in [-0.3, -0.25) is 0 Å². The zero-order valence-electron chi connectivity index (χ0n) is 7.59. The van der Waals surface area contributed by atoms with Crippen LogP contribution >= 0.6 is 24.0 Å². The van der Waals surface area contributed by atoms with Gasteiger partial charge in [0.05, 0.1) is 5.02 Å². The molecule has 2 N–H and O–H groups in total. The summed E-state index contributed by atoms with van der Waals surface area (Å²) >= 11 is 5.67. The van der Waals surface area contributed by atoms with Gasteiger partial charge in [-0.05, 0) is 25.3 Å². The van der Waals surface area contributed by atoms with E-state index in [0.29, 0.717) is 5.56 Å². The molecular weight excluding hydrogens is 224 g/mol. The van der Waals surface area contributed by atoms with Crippen LogP contribution in [0.4, 0.5) is 4.39 Å². The van der Waals surface area contributed by atoms with Crippen LogP contribution in [0.25, 0.3) is 0 Å². The molecule has 0 amide bonds. The fourth-order valence-electron chi connectivity index (χ4n) is 1.72. The summed E-state index contributed by atoms with van der Waals surface area (Å²) in [5.74, 6) is -0.355. The van der Waals surface area contributed by atoms with Crippen LogP contribution in [0, 0.1) is 5.82 Å². The zero-order chi connectivity index (χ0) is 9.47. The second kappa shape index (κ2) is 4.05. The molecule has 1 aliphatic carbocycles. The van der Waals surface area contributed by atoms with E-state index in [2.05, 4.69) is 0 Å². The van der Waals surface area contributed by atoms with E-state index in [0.717, 1.165) is 19.3 Å². The Morgan fingerprint density at radius 1 is 1.36 bits per heavy atom. The highest BCUT2D eigenvalue weighted by Gasteiger charge is 2.36. The maximum atomic E-state index is 13.5. The van der Waals surface area contributed by atoms with Crippen molar-refractivity contribution in [2.75, 3.05) is 0 Å². The molecular formula is C10H12Cl2FN. The van der Waals surface area contributed by atoms with Gasteiger partial charge in [0.2, 0.25) is 0 Å². The Labute approximate surface area is 93.8 Å². The highest BCUT2D eigenvalue weighted by molar-refractivity contribution is 6.30. The second-order valence-corrected chi connectivity index (χ2v) is 4.02. The van der Waals surface area contributed by atoms with Gasteiger partial charge < -0.3 is 5.73 Å². The van der Waals surface area contributed by atoms with Crippen molar-refractivity contribution in [1.29, 1.82) is 0 Å². The summed E-state index contributed by atoms with van der Waals surface area (Å²) in [6.45, 7) is 0. The van der Waals surface area contributed by atoms with E-state index in [1.807, 2.05) is 0 Å². The smallest absolute Gasteiger partial charge is 0.146 e. The minimum atomic E-state index is -0.463. The topological polar surface area (TPSA) is 26.0 Å². The SMILES string of the molecule is Cl.NC1(c2cccc(Cl)c2F)CCC1. The standard InChI is InChI=1S/C10H11ClFN.ClH/c11-8-4-1-3-7(9(8)12)10(13)5-2-6-10;/h1,3-4H,2,5-6,13H2;1H. The molecule has 78 valence electrons. The lowest BCUT2D eigenvalue weighted by Gasteiger charge is -2.38. The summed E-state index contributed by atoms with van der Waals surface area (Å²) in [6.07, 6.45) is 2.77. The molecule has 0 aromatic heterocycles. The summed E-state index contributed by atoms with van der Waals surface area (Å²) in [7, 11) is 0. The van der Waals surface area contributed by atoms with Gasteiger partial charge in [-0.15, -0.1) is 12.4 Å². The molecule has 0 radical (unpaired) electrons. The first kappa shape index (κ1) is 11.8. The van der Waals surface area contributed by atoms with Crippen molar-refractivity contribution < 1.29 is 4.39 Å². The van der Waals surface area contributed by atoms with Crippen LogP contribution in [-0.2, 0) is 5.54 Å². The highest BCUT2D eigenvalue weighted by atomic mass is 35.5. The number of halogens is 3. The Hall–Kier alpha value is -0.310. The third-order valence-electron chi connectivity index (χ3n) is 2.73. The molecule has 2 rings (SSSR count). The van der Waals surface area contributed by atoms with Gasteiger partial charge in [-0.25, -0.2) is 4.39 Å². The van der Waals surface area contributed by atoms with Gasteiger partial charge in [0.15, 0.2) is 0 Å². The molecule has 0 saturated heterocycles. The van der Waals surface area contributed by atoms with Crippen LogP contribution in [0.15, 0.2) is 18.2 Å². The van der Waals surface area contributed by atoms with E-state index in [4.69, 9.17) is 17.3 Å². The number of hydrogen-bond acceptors (Lipinski definition) is 1. The summed E-state index contributed by atoms with van der Waals surface area (Å²) in [5.41, 5.74) is 6.09. The van der Waals surface area contributed by atoms with Crippen molar-refractivity contribution in [2.45, 2.75) is 24.8 Å². The fraction of sp³-hybridized carbons (Fsp3) is 0.400. The Morgan fingerprint density at radius 2 is 2.00 bits per heavy atom. The maximum absolute atomic E-state index is 13.5. The fourth-order valence-corrected chi connectivity index (χ4v) is 1.89. The minimum Gasteiger partial charge on any atom is -0.321 e. The van der Waals surface area contributed by atoms with Crippen molar-refractivity contribution >= 4 is 24.0 Å². The van der Waals surface area contributed by atoms with Gasteiger partial charge in [-0.2, -0.15) is 0 Å². The molecule has 4 heteroatoms. The Balaban J connectivity index is 0.000000980. The lowest BCUT2D eigenvalue weighted by molar-refractivity contribution is 0.245. The first-order valence-corrected chi connectivity index (χ1v) is 4.75. The van der Waals surface area contributed by atoms with Gasteiger partial charge in [0.25, 0.3) is 0 Å². The number of nitrogens with two attached hydrogens (primary N) is 1. The summed E-state index contributed by atoms with van der Waals surface area (Å²) in [4.78, 5) is 0. The van der Waals surface area contributed by atoms with Crippen molar-refractivity contribution in [2.24, 2.45) is 5.73 Å². The van der Waals surface area contributed by atoms with E-state index in [-0.39, 0.29) is 23.2 Å². The molecule has 1 aliphatic rings. The normalized spacial score (nSPS) is 18.2. The summed E-state index contributed by atoms with van der Waals surface area (Å²) < 4.78 is 13.5. The molecule has 1 aromatic carbocycles. The molecule has 0 bridgehead atoms. The predicted octanol–water partition coefficient (Wildman–Crippen LogP) is 3.24. The summed E-state index contributed by atoms with van der Waals surface area (Å²) in [6, 6.07) is 5.01. The van der Waals surface area contributed by atoms with E-state index < -0.39 is 5.54 Å². The maximum Gasteiger partial charge on any atom is 0.146 e. The average Bonchev–Trinajstić information content (AvgIpc) is 2.06. The second-order valence-electron chi connectivity index (χ2n) is 3.61. The largest absolute Gasteiger partial charge is 0.321 e. The van der Waals surface area contributed by atoms with E-state index in [1.54, 1.807) is 18.2 Å². The van der Waals surface area contributed by atoms with Crippen LogP contribution in [-0.4, -0.2) is 0 Å². The molecule has 0 spiro atoms.